The van der Waals surface area contributed by atoms with Gasteiger partial charge in [0, 0.05) is 49.8 Å². The number of amides is 1. The molecule has 0 bridgehead atoms. The molecule has 2 heterocycles. The van der Waals surface area contributed by atoms with E-state index in [0.29, 0.717) is 11.3 Å². The van der Waals surface area contributed by atoms with Crippen LogP contribution in [0.2, 0.25) is 0 Å². The van der Waals surface area contributed by atoms with Crippen LogP contribution in [0, 0.1) is 0 Å². The van der Waals surface area contributed by atoms with Crippen molar-refractivity contribution in [3.63, 3.8) is 0 Å². The molecule has 0 aliphatic carbocycles. The fraction of sp³-hybridized carbons (Fsp3) is 0.150. The third kappa shape index (κ3) is 4.61. The monoisotopic (exact) mass is 364 g/mol. The predicted molar refractivity (Wildman–Crippen MR) is 107 cm³/mol. The van der Waals surface area contributed by atoms with E-state index in [1.165, 1.54) is 5.56 Å². The van der Waals surface area contributed by atoms with Crippen LogP contribution in [0.15, 0.2) is 72.1 Å². The number of pyridine rings is 2. The molecule has 0 fully saturated rings. The summed E-state index contributed by atoms with van der Waals surface area (Å²) in [4.78, 5) is 23.0. The summed E-state index contributed by atoms with van der Waals surface area (Å²) in [5.74, 6) is 0.579. The minimum atomic E-state index is -0.172. The van der Waals surface area contributed by atoms with Crippen LogP contribution in [-0.2, 0) is 5.75 Å². The zero-order valence-electron chi connectivity index (χ0n) is 14.7. The fourth-order valence-electron chi connectivity index (χ4n) is 2.35. The van der Waals surface area contributed by atoms with Crippen LogP contribution < -0.4 is 10.2 Å². The van der Waals surface area contributed by atoms with Crippen molar-refractivity contribution in [2.24, 2.45) is 0 Å². The highest BCUT2D eigenvalue weighted by Crippen LogP contribution is 2.25. The standard InChI is InChI=1S/C20H20N4OS/c1-24(2)17-7-5-15(6-8-17)14-26-20-18(4-3-11-22-20)19(25)23-16-9-12-21-13-10-16/h3-13H,14H2,1-2H3,(H,21,23,25). The summed E-state index contributed by atoms with van der Waals surface area (Å²) in [6, 6.07) is 15.5. The van der Waals surface area contributed by atoms with E-state index in [4.69, 9.17) is 0 Å². The van der Waals surface area contributed by atoms with Gasteiger partial charge >= 0.3 is 0 Å². The van der Waals surface area contributed by atoms with Gasteiger partial charge in [0.05, 0.1) is 5.56 Å². The summed E-state index contributed by atoms with van der Waals surface area (Å²) in [7, 11) is 4.04. The van der Waals surface area contributed by atoms with Crippen LogP contribution in [-0.4, -0.2) is 30.0 Å². The normalized spacial score (nSPS) is 10.4. The molecule has 1 amide bonds. The number of carbonyl (C=O) groups is 1. The highest BCUT2D eigenvalue weighted by atomic mass is 32.2. The van der Waals surface area contributed by atoms with E-state index in [1.54, 1.807) is 54.6 Å². The SMILES string of the molecule is CN(C)c1ccc(CSc2ncccc2C(=O)Nc2ccncc2)cc1. The van der Waals surface area contributed by atoms with Crippen LogP contribution >= 0.6 is 11.8 Å². The lowest BCUT2D eigenvalue weighted by Gasteiger charge is -2.13. The smallest absolute Gasteiger partial charge is 0.258 e. The molecule has 0 unspecified atom stereocenters. The van der Waals surface area contributed by atoms with Crippen molar-refractivity contribution in [2.75, 3.05) is 24.3 Å². The second-order valence-corrected chi connectivity index (χ2v) is 6.86. The first-order valence-corrected chi connectivity index (χ1v) is 9.17. The summed E-state index contributed by atoms with van der Waals surface area (Å²) < 4.78 is 0. The molecule has 0 aliphatic heterocycles. The second kappa shape index (κ2) is 8.49. The van der Waals surface area contributed by atoms with Crippen molar-refractivity contribution >= 4 is 29.0 Å². The number of carbonyl (C=O) groups excluding carboxylic acids is 1. The zero-order valence-corrected chi connectivity index (χ0v) is 15.5. The number of thioether (sulfide) groups is 1. The molecular formula is C20H20N4OS. The number of rotatable bonds is 6. The average molecular weight is 364 g/mol. The summed E-state index contributed by atoms with van der Waals surface area (Å²) in [5.41, 5.74) is 3.63. The van der Waals surface area contributed by atoms with E-state index in [-0.39, 0.29) is 5.91 Å². The largest absolute Gasteiger partial charge is 0.378 e. The molecule has 0 saturated carbocycles. The Bertz CT molecular complexity index is 866. The van der Waals surface area contributed by atoms with Crippen LogP contribution in [0.4, 0.5) is 11.4 Å². The van der Waals surface area contributed by atoms with Gasteiger partial charge in [-0.1, -0.05) is 12.1 Å². The Morgan fingerprint density at radius 1 is 1.04 bits per heavy atom. The summed E-state index contributed by atoms with van der Waals surface area (Å²) >= 11 is 1.56. The van der Waals surface area contributed by atoms with Crippen LogP contribution in [0.3, 0.4) is 0 Å². The van der Waals surface area contributed by atoms with Crippen LogP contribution in [0.5, 0.6) is 0 Å². The minimum absolute atomic E-state index is 0.172. The first kappa shape index (κ1) is 17.9. The molecular weight excluding hydrogens is 344 g/mol. The van der Waals surface area contributed by atoms with Crippen LogP contribution in [0.25, 0.3) is 0 Å². The van der Waals surface area contributed by atoms with Gasteiger partial charge in [0.1, 0.15) is 5.03 Å². The third-order valence-electron chi connectivity index (χ3n) is 3.78. The number of hydrogen-bond donors (Lipinski definition) is 1. The van der Waals surface area contributed by atoms with E-state index in [2.05, 4.69) is 44.5 Å². The Morgan fingerprint density at radius 3 is 2.46 bits per heavy atom. The van der Waals surface area contributed by atoms with Crippen LogP contribution in [0.1, 0.15) is 15.9 Å². The van der Waals surface area contributed by atoms with Gasteiger partial charge in [0.15, 0.2) is 0 Å². The maximum atomic E-state index is 12.6. The lowest BCUT2D eigenvalue weighted by molar-refractivity contribution is 0.102. The van der Waals surface area contributed by atoms with Gasteiger partial charge in [0.2, 0.25) is 0 Å². The van der Waals surface area contributed by atoms with Gasteiger partial charge in [-0.05, 0) is 42.0 Å². The van der Waals surface area contributed by atoms with Gasteiger partial charge in [-0.3, -0.25) is 9.78 Å². The van der Waals surface area contributed by atoms with Gasteiger partial charge < -0.3 is 10.2 Å². The molecule has 5 nitrogen and oxygen atoms in total. The Kier molecular flexibility index (Phi) is 5.86. The number of nitrogens with zero attached hydrogens (tertiary/aromatic N) is 3. The zero-order chi connectivity index (χ0) is 18.4. The van der Waals surface area contributed by atoms with Crippen molar-refractivity contribution in [1.82, 2.24) is 9.97 Å². The molecule has 0 saturated heterocycles. The number of aromatic nitrogens is 2. The van der Waals surface area contributed by atoms with Gasteiger partial charge in [-0.2, -0.15) is 0 Å². The Hall–Kier alpha value is -2.86. The van der Waals surface area contributed by atoms with Gasteiger partial charge in [0.25, 0.3) is 5.91 Å². The molecule has 6 heteroatoms. The van der Waals surface area contributed by atoms with E-state index < -0.39 is 0 Å². The molecule has 1 aromatic carbocycles. The Morgan fingerprint density at radius 2 is 1.77 bits per heavy atom. The van der Waals surface area contributed by atoms with Gasteiger partial charge in [-0.25, -0.2) is 4.98 Å². The van der Waals surface area contributed by atoms with Crippen molar-refractivity contribution in [1.29, 1.82) is 0 Å². The Labute approximate surface area is 157 Å². The molecule has 26 heavy (non-hydrogen) atoms. The minimum Gasteiger partial charge on any atom is -0.378 e. The van der Waals surface area contributed by atoms with E-state index in [0.717, 1.165) is 16.5 Å². The summed E-state index contributed by atoms with van der Waals surface area (Å²) in [6.45, 7) is 0. The Balaban J connectivity index is 1.69. The van der Waals surface area contributed by atoms with E-state index in [1.807, 2.05) is 14.1 Å². The topological polar surface area (TPSA) is 58.1 Å². The van der Waals surface area contributed by atoms with Crippen molar-refractivity contribution in [3.8, 4) is 0 Å². The lowest BCUT2D eigenvalue weighted by atomic mass is 10.2. The number of benzene rings is 1. The van der Waals surface area contributed by atoms with Gasteiger partial charge in [-0.15, -0.1) is 11.8 Å². The molecule has 3 rings (SSSR count). The first-order valence-electron chi connectivity index (χ1n) is 8.19. The molecule has 2 aromatic heterocycles. The molecule has 3 aromatic rings. The summed E-state index contributed by atoms with van der Waals surface area (Å²) in [5, 5.41) is 3.60. The average Bonchev–Trinajstić information content (AvgIpc) is 2.67. The van der Waals surface area contributed by atoms with Crippen molar-refractivity contribution in [2.45, 2.75) is 10.8 Å². The fourth-order valence-corrected chi connectivity index (χ4v) is 3.30. The molecule has 0 aliphatic rings. The maximum absolute atomic E-state index is 12.6. The van der Waals surface area contributed by atoms with Crippen molar-refractivity contribution in [3.05, 3.63) is 78.2 Å². The quantitative estimate of drug-likeness (QED) is 0.668. The second-order valence-electron chi connectivity index (χ2n) is 5.90. The van der Waals surface area contributed by atoms with E-state index in [9.17, 15) is 4.79 Å². The number of nitrogens with one attached hydrogen (secondary N) is 1. The molecule has 1 N–H and O–H groups in total. The predicted octanol–water partition coefficient (Wildman–Crippen LogP) is 4.09. The molecule has 132 valence electrons. The highest BCUT2D eigenvalue weighted by Gasteiger charge is 2.13. The van der Waals surface area contributed by atoms with E-state index >= 15 is 0 Å². The first-order chi connectivity index (χ1) is 12.6. The summed E-state index contributed by atoms with van der Waals surface area (Å²) in [6.07, 6.45) is 5.00. The third-order valence-corrected chi connectivity index (χ3v) is 4.86. The highest BCUT2D eigenvalue weighted by molar-refractivity contribution is 7.98. The molecule has 0 radical (unpaired) electrons. The molecule has 0 spiro atoms. The lowest BCUT2D eigenvalue weighted by Crippen LogP contribution is -2.13. The van der Waals surface area contributed by atoms with Crippen molar-refractivity contribution < 1.29 is 4.79 Å². The maximum Gasteiger partial charge on any atom is 0.258 e. The molecule has 0 atom stereocenters. The number of hydrogen-bond acceptors (Lipinski definition) is 5. The number of anilines is 2.